The second kappa shape index (κ2) is 7.75. The Kier molecular flexibility index (Phi) is 5.55. The van der Waals surface area contributed by atoms with Crippen LogP contribution in [0.4, 0.5) is 23.2 Å². The number of ether oxygens (including phenoxy) is 1. The molecule has 3 rings (SSSR count). The number of hydrogen-bond donors (Lipinski definition) is 1. The van der Waals surface area contributed by atoms with E-state index in [0.29, 0.717) is 55.6 Å². The molecule has 1 amide bonds. The number of nitrogens with one attached hydrogen (secondary N) is 1. The first-order valence-electron chi connectivity index (χ1n) is 8.57. The maximum Gasteiger partial charge on any atom is 0.416 e. The Morgan fingerprint density at radius 2 is 1.86 bits per heavy atom. The lowest BCUT2D eigenvalue weighted by Gasteiger charge is -2.21. The van der Waals surface area contributed by atoms with Crippen molar-refractivity contribution in [3.05, 3.63) is 63.0 Å². The molecule has 1 aliphatic heterocycles. The van der Waals surface area contributed by atoms with Crippen molar-refractivity contribution in [1.82, 2.24) is 0 Å². The van der Waals surface area contributed by atoms with Crippen LogP contribution in [0.3, 0.4) is 0 Å². The largest absolute Gasteiger partial charge is 0.427 e. The van der Waals surface area contributed by atoms with Crippen LogP contribution in [0, 0.1) is 12.7 Å². The topological polar surface area (TPSA) is 68.5 Å². The number of halogens is 4. The highest BCUT2D eigenvalue weighted by Crippen LogP contribution is 2.32. The van der Waals surface area contributed by atoms with Gasteiger partial charge in [-0.1, -0.05) is 0 Å². The number of carbonyl (C=O) groups excluding carboxylic acids is 1. The molecule has 0 bridgehead atoms. The quantitative estimate of drug-likeness (QED) is 0.784. The molecule has 1 N–H and O–H groups in total. The maximum atomic E-state index is 13.8. The van der Waals surface area contributed by atoms with Crippen LogP contribution in [-0.2, 0) is 10.9 Å². The summed E-state index contributed by atoms with van der Waals surface area (Å²) >= 11 is 0. The van der Waals surface area contributed by atoms with E-state index in [1.54, 1.807) is 6.07 Å². The third-order valence-corrected chi connectivity index (χ3v) is 4.56. The van der Waals surface area contributed by atoms with Gasteiger partial charge in [0.2, 0.25) is 0 Å². The zero-order chi connectivity index (χ0) is 20.5. The van der Waals surface area contributed by atoms with Gasteiger partial charge in [-0.05, 0) is 49.6 Å². The number of aryl methyl sites for hydroxylation is 1. The normalized spacial score (nSPS) is 15.5. The van der Waals surface area contributed by atoms with Crippen molar-refractivity contribution in [2.24, 2.45) is 0 Å². The molecule has 0 spiro atoms. The molecule has 2 heterocycles. The van der Waals surface area contributed by atoms with Crippen LogP contribution in [0.1, 0.15) is 46.0 Å². The second-order valence-electron chi connectivity index (χ2n) is 6.53. The summed E-state index contributed by atoms with van der Waals surface area (Å²) < 4.78 is 62.8. The van der Waals surface area contributed by atoms with E-state index in [1.165, 1.54) is 6.92 Å². The molecule has 0 atom stereocenters. The SMILES string of the molecule is Cc1cc(C2CCOCC2)oc(=O)c1C(=O)Nc1cc(C(F)(F)F)ccc1F. The lowest BCUT2D eigenvalue weighted by molar-refractivity contribution is -0.137. The van der Waals surface area contributed by atoms with Crippen molar-refractivity contribution in [2.75, 3.05) is 18.5 Å². The number of hydrogen-bond acceptors (Lipinski definition) is 4. The Morgan fingerprint density at radius 1 is 1.18 bits per heavy atom. The number of benzene rings is 1. The van der Waals surface area contributed by atoms with Crippen molar-refractivity contribution >= 4 is 11.6 Å². The van der Waals surface area contributed by atoms with Gasteiger partial charge in [-0.25, -0.2) is 9.18 Å². The van der Waals surface area contributed by atoms with Crippen LogP contribution in [0.2, 0.25) is 0 Å². The average Bonchev–Trinajstić information content (AvgIpc) is 2.62. The summed E-state index contributed by atoms with van der Waals surface area (Å²) in [5.74, 6) is -1.68. The predicted molar refractivity (Wildman–Crippen MR) is 91.9 cm³/mol. The lowest BCUT2D eigenvalue weighted by Crippen LogP contribution is -2.25. The Bertz CT molecular complexity index is 946. The zero-order valence-corrected chi connectivity index (χ0v) is 14.9. The minimum atomic E-state index is -4.70. The fourth-order valence-electron chi connectivity index (χ4n) is 3.07. The van der Waals surface area contributed by atoms with Crippen molar-refractivity contribution < 1.29 is 31.5 Å². The van der Waals surface area contributed by atoms with Gasteiger partial charge in [-0.15, -0.1) is 0 Å². The highest BCUT2D eigenvalue weighted by Gasteiger charge is 2.31. The summed E-state index contributed by atoms with van der Waals surface area (Å²) in [6, 6.07) is 3.19. The monoisotopic (exact) mass is 399 g/mol. The summed E-state index contributed by atoms with van der Waals surface area (Å²) in [7, 11) is 0. The van der Waals surface area contributed by atoms with E-state index in [4.69, 9.17) is 9.15 Å². The van der Waals surface area contributed by atoms with Gasteiger partial charge in [-0.3, -0.25) is 4.79 Å². The van der Waals surface area contributed by atoms with Crippen LogP contribution in [-0.4, -0.2) is 19.1 Å². The van der Waals surface area contributed by atoms with Gasteiger partial charge in [0.25, 0.3) is 5.91 Å². The van der Waals surface area contributed by atoms with Gasteiger partial charge in [-0.2, -0.15) is 13.2 Å². The van der Waals surface area contributed by atoms with Crippen molar-refractivity contribution in [2.45, 2.75) is 31.9 Å². The first kappa shape index (κ1) is 20.1. The van der Waals surface area contributed by atoms with E-state index in [1.807, 2.05) is 5.32 Å². The van der Waals surface area contributed by atoms with Crippen LogP contribution in [0.15, 0.2) is 33.5 Å². The molecular weight excluding hydrogens is 382 g/mol. The van der Waals surface area contributed by atoms with E-state index in [-0.39, 0.29) is 11.5 Å². The summed E-state index contributed by atoms with van der Waals surface area (Å²) in [6.45, 7) is 2.58. The van der Waals surface area contributed by atoms with Gasteiger partial charge >= 0.3 is 11.8 Å². The molecule has 28 heavy (non-hydrogen) atoms. The summed E-state index contributed by atoms with van der Waals surface area (Å²) in [5, 5.41) is 2.03. The Labute approximate surface area is 157 Å². The highest BCUT2D eigenvalue weighted by molar-refractivity contribution is 6.05. The number of anilines is 1. The number of amides is 1. The van der Waals surface area contributed by atoms with Gasteiger partial charge in [0.1, 0.15) is 17.1 Å². The van der Waals surface area contributed by atoms with Crippen LogP contribution < -0.4 is 10.9 Å². The molecule has 1 aromatic heterocycles. The van der Waals surface area contributed by atoms with Crippen molar-refractivity contribution in [1.29, 1.82) is 0 Å². The van der Waals surface area contributed by atoms with E-state index >= 15 is 0 Å². The lowest BCUT2D eigenvalue weighted by atomic mass is 9.95. The third-order valence-electron chi connectivity index (χ3n) is 4.56. The second-order valence-corrected chi connectivity index (χ2v) is 6.53. The molecule has 1 fully saturated rings. The summed E-state index contributed by atoms with van der Waals surface area (Å²) in [4.78, 5) is 24.7. The Hall–Kier alpha value is -2.68. The maximum absolute atomic E-state index is 13.8. The fraction of sp³-hybridized carbons (Fsp3) is 0.368. The van der Waals surface area contributed by atoms with Crippen molar-refractivity contribution in [3.63, 3.8) is 0 Å². The molecule has 9 heteroatoms. The van der Waals surface area contributed by atoms with Gasteiger partial charge < -0.3 is 14.5 Å². The first-order valence-corrected chi connectivity index (χ1v) is 8.57. The number of rotatable bonds is 3. The standard InChI is InChI=1S/C19H17F4NO4/c1-10-8-15(11-4-6-27-7-5-11)28-18(26)16(10)17(25)24-14-9-12(19(21,22)23)2-3-13(14)20/h2-3,8-9,11H,4-7H2,1H3,(H,24,25). The van der Waals surface area contributed by atoms with Gasteiger partial charge in [0.05, 0.1) is 11.3 Å². The van der Waals surface area contributed by atoms with Crippen molar-refractivity contribution in [3.8, 4) is 0 Å². The van der Waals surface area contributed by atoms with Gasteiger partial charge in [0, 0.05) is 19.1 Å². The number of alkyl halides is 3. The minimum Gasteiger partial charge on any atom is -0.427 e. The van der Waals surface area contributed by atoms with Crippen LogP contribution in [0.5, 0.6) is 0 Å². The van der Waals surface area contributed by atoms with Gasteiger partial charge in [0.15, 0.2) is 0 Å². The van der Waals surface area contributed by atoms with E-state index in [9.17, 15) is 27.2 Å². The smallest absolute Gasteiger partial charge is 0.416 e. The molecule has 2 aromatic rings. The fourth-order valence-corrected chi connectivity index (χ4v) is 3.07. The summed E-state index contributed by atoms with van der Waals surface area (Å²) in [5.41, 5.74) is -2.81. The molecule has 1 aliphatic rings. The molecule has 150 valence electrons. The molecule has 0 aliphatic carbocycles. The molecule has 1 saturated heterocycles. The molecule has 5 nitrogen and oxygen atoms in total. The van der Waals surface area contributed by atoms with E-state index in [0.717, 1.165) is 0 Å². The molecular formula is C19H17F4NO4. The van der Waals surface area contributed by atoms with Crippen LogP contribution >= 0.6 is 0 Å². The molecule has 0 radical (unpaired) electrons. The Morgan fingerprint density at radius 3 is 2.46 bits per heavy atom. The minimum absolute atomic E-state index is 0.0156. The predicted octanol–water partition coefficient (Wildman–Crippen LogP) is 4.25. The number of carbonyl (C=O) groups is 1. The molecule has 0 saturated carbocycles. The first-order chi connectivity index (χ1) is 13.2. The highest BCUT2D eigenvalue weighted by atomic mass is 19.4. The summed E-state index contributed by atoms with van der Waals surface area (Å²) in [6.07, 6.45) is -3.36. The van der Waals surface area contributed by atoms with E-state index in [2.05, 4.69) is 0 Å². The molecule has 0 unspecified atom stereocenters. The van der Waals surface area contributed by atoms with Crippen LogP contribution in [0.25, 0.3) is 0 Å². The Balaban J connectivity index is 1.88. The molecule has 1 aromatic carbocycles. The van der Waals surface area contributed by atoms with E-state index < -0.39 is 34.8 Å². The third kappa shape index (κ3) is 4.24. The zero-order valence-electron chi connectivity index (χ0n) is 14.9. The average molecular weight is 399 g/mol.